The molecule has 7 heteroatoms. The van der Waals surface area contributed by atoms with Crippen molar-refractivity contribution in [3.05, 3.63) is 70.4 Å². The van der Waals surface area contributed by atoms with Crippen LogP contribution in [0.2, 0.25) is 5.02 Å². The third-order valence-corrected chi connectivity index (χ3v) is 5.18. The molecule has 0 spiro atoms. The predicted molar refractivity (Wildman–Crippen MR) is 111 cm³/mol. The summed E-state index contributed by atoms with van der Waals surface area (Å²) in [5.41, 5.74) is 4.40. The van der Waals surface area contributed by atoms with Gasteiger partial charge in [-0.15, -0.1) is 0 Å². The second-order valence-electron chi connectivity index (χ2n) is 7.06. The fraction of sp³-hybridized carbons (Fsp3) is 0.227. The highest BCUT2D eigenvalue weighted by Gasteiger charge is 2.27. The number of anilines is 1. The van der Waals surface area contributed by atoms with E-state index in [0.717, 1.165) is 28.1 Å². The van der Waals surface area contributed by atoms with Gasteiger partial charge in [-0.05, 0) is 48.4 Å². The van der Waals surface area contributed by atoms with Crippen molar-refractivity contribution in [1.29, 1.82) is 0 Å². The Labute approximate surface area is 173 Å². The van der Waals surface area contributed by atoms with Crippen molar-refractivity contribution in [2.24, 2.45) is 0 Å². The molecule has 1 aliphatic rings. The van der Waals surface area contributed by atoms with Crippen LogP contribution in [0.1, 0.15) is 23.7 Å². The molecule has 1 aromatic heterocycles. The Bertz CT molecular complexity index is 1040. The Balaban J connectivity index is 1.43. The molecule has 4 rings (SSSR count). The molecule has 0 unspecified atom stereocenters. The number of rotatable bonds is 4. The van der Waals surface area contributed by atoms with Gasteiger partial charge in [0.25, 0.3) is 0 Å². The molecule has 29 heavy (non-hydrogen) atoms. The van der Waals surface area contributed by atoms with Crippen LogP contribution < -0.4 is 5.32 Å². The number of carbonyl (C=O) groups is 2. The summed E-state index contributed by atoms with van der Waals surface area (Å²) in [5, 5.41) is 7.58. The molecule has 0 fully saturated rings. The number of amides is 2. The van der Waals surface area contributed by atoms with Gasteiger partial charge >= 0.3 is 0 Å². The number of halogens is 1. The summed E-state index contributed by atoms with van der Waals surface area (Å²) in [5.74, 6) is 0.667. The van der Waals surface area contributed by atoms with E-state index in [9.17, 15) is 9.59 Å². The lowest BCUT2D eigenvalue weighted by Gasteiger charge is -2.26. The number of carbonyl (C=O) groups excluding carboxylic acids is 2. The van der Waals surface area contributed by atoms with Crippen molar-refractivity contribution in [3.8, 4) is 11.3 Å². The normalized spacial score (nSPS) is 13.1. The minimum atomic E-state index is -0.122. The summed E-state index contributed by atoms with van der Waals surface area (Å²) in [7, 11) is 0. The fourth-order valence-corrected chi connectivity index (χ4v) is 3.59. The van der Waals surface area contributed by atoms with Crippen molar-refractivity contribution in [2.75, 3.05) is 11.9 Å². The van der Waals surface area contributed by atoms with Gasteiger partial charge in [0.05, 0.1) is 13.0 Å². The van der Waals surface area contributed by atoms with Gasteiger partial charge in [-0.3, -0.25) is 9.59 Å². The summed E-state index contributed by atoms with van der Waals surface area (Å²) in [6, 6.07) is 14.8. The highest BCUT2D eigenvalue weighted by atomic mass is 35.5. The molecule has 1 N–H and O–H groups in total. The smallest absolute Gasteiger partial charge is 0.227 e. The molecule has 148 valence electrons. The van der Waals surface area contributed by atoms with Crippen LogP contribution in [0, 0.1) is 0 Å². The third kappa shape index (κ3) is 4.32. The van der Waals surface area contributed by atoms with Crippen LogP contribution in [0.3, 0.4) is 0 Å². The molecule has 2 aromatic carbocycles. The van der Waals surface area contributed by atoms with Crippen LogP contribution in [0.25, 0.3) is 11.3 Å². The van der Waals surface area contributed by atoms with E-state index >= 15 is 0 Å². The lowest BCUT2D eigenvalue weighted by Crippen LogP contribution is -2.36. The van der Waals surface area contributed by atoms with Gasteiger partial charge in [-0.2, -0.15) is 0 Å². The van der Waals surface area contributed by atoms with Crippen LogP contribution in [-0.2, 0) is 29.0 Å². The maximum Gasteiger partial charge on any atom is 0.227 e. The van der Waals surface area contributed by atoms with E-state index in [0.29, 0.717) is 36.6 Å². The van der Waals surface area contributed by atoms with Gasteiger partial charge in [0, 0.05) is 35.3 Å². The average molecular weight is 410 g/mol. The summed E-state index contributed by atoms with van der Waals surface area (Å²) < 4.78 is 5.57. The Morgan fingerprint density at radius 1 is 1.14 bits per heavy atom. The fourth-order valence-electron chi connectivity index (χ4n) is 3.47. The maximum absolute atomic E-state index is 12.7. The molecular weight excluding hydrogens is 390 g/mol. The quantitative estimate of drug-likeness (QED) is 0.704. The first-order chi connectivity index (χ1) is 14.0. The molecule has 2 heterocycles. The lowest BCUT2D eigenvalue weighted by molar-refractivity contribution is -0.131. The summed E-state index contributed by atoms with van der Waals surface area (Å²) in [4.78, 5) is 25.6. The topological polar surface area (TPSA) is 75.4 Å². The molecule has 2 amide bonds. The van der Waals surface area contributed by atoms with Crippen LogP contribution in [-0.4, -0.2) is 28.4 Å². The molecule has 0 atom stereocenters. The van der Waals surface area contributed by atoms with E-state index in [-0.39, 0.29) is 11.8 Å². The standard InChI is InChI=1S/C22H20ClN3O3/c1-14(27)24-18-8-2-15(3-9-18)12-21(28)26-11-10-19-20(13-26)25-29-22(19)16-4-6-17(23)7-5-16/h2-9H,10-13H2,1H3,(H,24,27). The zero-order valence-corrected chi connectivity index (χ0v) is 16.7. The number of fused-ring (bicyclic) bond motifs is 1. The van der Waals surface area contributed by atoms with Crippen LogP contribution in [0.5, 0.6) is 0 Å². The van der Waals surface area contributed by atoms with Gasteiger partial charge < -0.3 is 14.7 Å². The number of aromatic nitrogens is 1. The molecule has 0 radical (unpaired) electrons. The van der Waals surface area contributed by atoms with Crippen LogP contribution >= 0.6 is 11.6 Å². The molecular formula is C22H20ClN3O3. The first-order valence-corrected chi connectivity index (χ1v) is 9.75. The molecule has 0 saturated heterocycles. The van der Waals surface area contributed by atoms with Crippen molar-refractivity contribution in [3.63, 3.8) is 0 Å². The maximum atomic E-state index is 12.7. The number of nitrogens with zero attached hydrogens (tertiary/aromatic N) is 2. The van der Waals surface area contributed by atoms with E-state index < -0.39 is 0 Å². The Kier molecular flexibility index (Phi) is 5.36. The van der Waals surface area contributed by atoms with E-state index in [1.54, 1.807) is 17.0 Å². The van der Waals surface area contributed by atoms with Gasteiger partial charge in [-0.25, -0.2) is 0 Å². The molecule has 0 bridgehead atoms. The second-order valence-corrected chi connectivity index (χ2v) is 7.50. The average Bonchev–Trinajstić information content (AvgIpc) is 3.13. The van der Waals surface area contributed by atoms with Gasteiger partial charge in [0.15, 0.2) is 5.76 Å². The second kappa shape index (κ2) is 8.09. The minimum absolute atomic E-state index is 0.0407. The summed E-state index contributed by atoms with van der Waals surface area (Å²) in [6.07, 6.45) is 1.00. The third-order valence-electron chi connectivity index (χ3n) is 4.93. The zero-order valence-electron chi connectivity index (χ0n) is 15.9. The Morgan fingerprint density at radius 3 is 2.55 bits per heavy atom. The largest absolute Gasteiger partial charge is 0.356 e. The van der Waals surface area contributed by atoms with E-state index in [1.807, 2.05) is 36.4 Å². The van der Waals surface area contributed by atoms with Crippen molar-refractivity contribution in [2.45, 2.75) is 26.3 Å². The first-order valence-electron chi connectivity index (χ1n) is 9.37. The summed E-state index contributed by atoms with van der Waals surface area (Å²) in [6.45, 7) is 2.52. The van der Waals surface area contributed by atoms with E-state index in [2.05, 4.69) is 10.5 Å². The van der Waals surface area contributed by atoms with Crippen molar-refractivity contribution < 1.29 is 14.1 Å². The van der Waals surface area contributed by atoms with Gasteiger partial charge in [0.2, 0.25) is 11.8 Å². The number of hydrogen-bond acceptors (Lipinski definition) is 4. The SMILES string of the molecule is CC(=O)Nc1ccc(CC(=O)N2CCc3c(noc3-c3ccc(Cl)cc3)C2)cc1. The molecule has 6 nitrogen and oxygen atoms in total. The molecule has 0 aliphatic carbocycles. The Hall–Kier alpha value is -3.12. The van der Waals surface area contributed by atoms with E-state index in [4.69, 9.17) is 16.1 Å². The zero-order chi connectivity index (χ0) is 20.4. The first kappa shape index (κ1) is 19.2. The van der Waals surface area contributed by atoms with Gasteiger partial charge in [0.1, 0.15) is 5.69 Å². The lowest BCUT2D eigenvalue weighted by atomic mass is 10.00. The molecule has 0 saturated carbocycles. The monoisotopic (exact) mass is 409 g/mol. The summed E-state index contributed by atoms with van der Waals surface area (Å²) >= 11 is 5.96. The van der Waals surface area contributed by atoms with Crippen LogP contribution in [0.15, 0.2) is 53.1 Å². The highest BCUT2D eigenvalue weighted by molar-refractivity contribution is 6.30. The predicted octanol–water partition coefficient (Wildman–Crippen LogP) is 4.08. The number of hydrogen-bond donors (Lipinski definition) is 1. The number of benzene rings is 2. The van der Waals surface area contributed by atoms with Crippen molar-refractivity contribution >= 4 is 29.1 Å². The number of nitrogens with one attached hydrogen (secondary N) is 1. The molecule has 1 aliphatic heterocycles. The minimum Gasteiger partial charge on any atom is -0.356 e. The highest BCUT2D eigenvalue weighted by Crippen LogP contribution is 2.31. The van der Waals surface area contributed by atoms with Crippen LogP contribution in [0.4, 0.5) is 5.69 Å². The molecule has 3 aromatic rings. The Morgan fingerprint density at radius 2 is 1.86 bits per heavy atom. The van der Waals surface area contributed by atoms with E-state index in [1.165, 1.54) is 6.92 Å². The van der Waals surface area contributed by atoms with Crippen molar-refractivity contribution in [1.82, 2.24) is 10.1 Å². The van der Waals surface area contributed by atoms with Gasteiger partial charge in [-0.1, -0.05) is 28.9 Å².